The van der Waals surface area contributed by atoms with Gasteiger partial charge in [0.15, 0.2) is 5.16 Å². The van der Waals surface area contributed by atoms with Crippen molar-refractivity contribution in [2.45, 2.75) is 23.8 Å². The zero-order valence-electron chi connectivity index (χ0n) is 10.1. The third-order valence-electron chi connectivity index (χ3n) is 2.11. The van der Waals surface area contributed by atoms with E-state index in [0.29, 0.717) is 5.25 Å². The lowest BCUT2D eigenvalue weighted by Gasteiger charge is -2.11. The second-order valence-electron chi connectivity index (χ2n) is 3.70. The highest BCUT2D eigenvalue weighted by atomic mass is 32.2. The van der Waals surface area contributed by atoms with E-state index in [4.69, 9.17) is 4.74 Å². The van der Waals surface area contributed by atoms with Crippen LogP contribution >= 0.6 is 11.8 Å². The van der Waals surface area contributed by atoms with Crippen LogP contribution in [0.15, 0.2) is 11.5 Å². The summed E-state index contributed by atoms with van der Waals surface area (Å²) in [6, 6.07) is 0. The van der Waals surface area contributed by atoms with Crippen LogP contribution in [0.2, 0.25) is 0 Å². The third kappa shape index (κ3) is 4.96. The average molecular weight is 244 g/mol. The predicted octanol–water partition coefficient (Wildman–Crippen LogP) is 0.922. The van der Waals surface area contributed by atoms with Crippen molar-refractivity contribution in [1.82, 2.24) is 20.1 Å². The first-order chi connectivity index (χ1) is 7.74. The van der Waals surface area contributed by atoms with Crippen LogP contribution in [0.5, 0.6) is 0 Å². The van der Waals surface area contributed by atoms with Gasteiger partial charge in [0, 0.05) is 32.6 Å². The van der Waals surface area contributed by atoms with Gasteiger partial charge >= 0.3 is 0 Å². The van der Waals surface area contributed by atoms with Crippen LogP contribution in [0.3, 0.4) is 0 Å². The molecule has 0 aliphatic heterocycles. The summed E-state index contributed by atoms with van der Waals surface area (Å²) in [5, 5.41) is 12.7. The van der Waals surface area contributed by atoms with Crippen molar-refractivity contribution in [2.75, 3.05) is 26.8 Å². The third-order valence-corrected chi connectivity index (χ3v) is 3.26. The Morgan fingerprint density at radius 1 is 1.62 bits per heavy atom. The van der Waals surface area contributed by atoms with Crippen LogP contribution < -0.4 is 5.32 Å². The molecule has 5 nitrogen and oxygen atoms in total. The van der Waals surface area contributed by atoms with E-state index in [1.807, 2.05) is 11.6 Å². The molecule has 1 heterocycles. The first-order valence-corrected chi connectivity index (χ1v) is 6.32. The highest BCUT2D eigenvalue weighted by Crippen LogP contribution is 2.18. The van der Waals surface area contributed by atoms with Gasteiger partial charge in [-0.1, -0.05) is 18.7 Å². The molecule has 1 rings (SSSR count). The number of ether oxygens (including phenoxy) is 1. The standard InChI is InChI=1S/C10H20N4OS/c1-9(7-11-5-4-6-15-3)16-10-13-12-8-14(10)2/h8-9,11H,4-7H2,1-3H3. The minimum Gasteiger partial charge on any atom is -0.385 e. The molecule has 0 saturated carbocycles. The Labute approximate surface area is 101 Å². The molecule has 0 aromatic carbocycles. The van der Waals surface area contributed by atoms with Gasteiger partial charge in [0.1, 0.15) is 6.33 Å². The van der Waals surface area contributed by atoms with Gasteiger partial charge < -0.3 is 14.6 Å². The molecule has 0 amide bonds. The molecule has 0 saturated heterocycles. The van der Waals surface area contributed by atoms with Gasteiger partial charge in [-0.05, 0) is 13.0 Å². The molecule has 0 aliphatic carbocycles. The van der Waals surface area contributed by atoms with Crippen LogP contribution in [-0.4, -0.2) is 46.8 Å². The number of hydrogen-bond acceptors (Lipinski definition) is 5. The van der Waals surface area contributed by atoms with E-state index in [1.165, 1.54) is 0 Å². The average Bonchev–Trinajstić information content (AvgIpc) is 2.64. The van der Waals surface area contributed by atoms with Gasteiger partial charge in [-0.25, -0.2) is 0 Å². The van der Waals surface area contributed by atoms with Gasteiger partial charge in [-0.15, -0.1) is 10.2 Å². The van der Waals surface area contributed by atoms with Crippen molar-refractivity contribution in [1.29, 1.82) is 0 Å². The van der Waals surface area contributed by atoms with Gasteiger partial charge in [-0.2, -0.15) is 0 Å². The van der Waals surface area contributed by atoms with Gasteiger partial charge in [0.25, 0.3) is 0 Å². The molecule has 1 unspecified atom stereocenters. The Morgan fingerprint density at radius 3 is 3.06 bits per heavy atom. The van der Waals surface area contributed by atoms with Crippen molar-refractivity contribution in [3.63, 3.8) is 0 Å². The van der Waals surface area contributed by atoms with Crippen LogP contribution in [0.4, 0.5) is 0 Å². The van der Waals surface area contributed by atoms with Crippen molar-refractivity contribution in [3.05, 3.63) is 6.33 Å². The molecule has 6 heteroatoms. The highest BCUT2D eigenvalue weighted by molar-refractivity contribution is 7.99. The summed E-state index contributed by atoms with van der Waals surface area (Å²) in [4.78, 5) is 0. The molecule has 0 fully saturated rings. The van der Waals surface area contributed by atoms with Crippen molar-refractivity contribution >= 4 is 11.8 Å². The monoisotopic (exact) mass is 244 g/mol. The van der Waals surface area contributed by atoms with Gasteiger partial charge in [0.05, 0.1) is 0 Å². The first-order valence-electron chi connectivity index (χ1n) is 5.44. The lowest BCUT2D eigenvalue weighted by molar-refractivity contribution is 0.194. The molecule has 0 spiro atoms. The van der Waals surface area contributed by atoms with E-state index in [2.05, 4.69) is 22.4 Å². The van der Waals surface area contributed by atoms with E-state index in [0.717, 1.165) is 31.3 Å². The molecular formula is C10H20N4OS. The van der Waals surface area contributed by atoms with Gasteiger partial charge in [-0.3, -0.25) is 0 Å². The fourth-order valence-corrected chi connectivity index (χ4v) is 2.12. The maximum Gasteiger partial charge on any atom is 0.191 e. The first kappa shape index (κ1) is 13.5. The fraction of sp³-hybridized carbons (Fsp3) is 0.800. The fourth-order valence-electron chi connectivity index (χ4n) is 1.25. The smallest absolute Gasteiger partial charge is 0.191 e. The lowest BCUT2D eigenvalue weighted by atomic mass is 10.4. The summed E-state index contributed by atoms with van der Waals surface area (Å²) in [5.74, 6) is 0. The van der Waals surface area contributed by atoms with Crippen molar-refractivity contribution in [2.24, 2.45) is 7.05 Å². The van der Waals surface area contributed by atoms with Crippen molar-refractivity contribution < 1.29 is 4.74 Å². The number of aromatic nitrogens is 3. The summed E-state index contributed by atoms with van der Waals surface area (Å²) in [6.07, 6.45) is 2.78. The SMILES string of the molecule is COCCCNCC(C)Sc1nncn1C. The molecule has 0 radical (unpaired) electrons. The molecular weight excluding hydrogens is 224 g/mol. The largest absolute Gasteiger partial charge is 0.385 e. The maximum atomic E-state index is 4.98. The molecule has 16 heavy (non-hydrogen) atoms. The highest BCUT2D eigenvalue weighted by Gasteiger charge is 2.07. The Bertz CT molecular complexity index is 292. The Morgan fingerprint density at radius 2 is 2.44 bits per heavy atom. The van der Waals surface area contributed by atoms with Crippen molar-refractivity contribution in [3.8, 4) is 0 Å². The van der Waals surface area contributed by atoms with E-state index in [-0.39, 0.29) is 0 Å². The topological polar surface area (TPSA) is 52.0 Å². The number of nitrogens with one attached hydrogen (secondary N) is 1. The molecule has 0 aliphatic rings. The van der Waals surface area contributed by atoms with E-state index < -0.39 is 0 Å². The number of thioether (sulfide) groups is 1. The molecule has 1 aromatic rings. The Balaban J connectivity index is 2.11. The minimum absolute atomic E-state index is 0.491. The van der Waals surface area contributed by atoms with Crippen LogP contribution in [-0.2, 0) is 11.8 Å². The molecule has 1 atom stereocenters. The summed E-state index contributed by atoms with van der Waals surface area (Å²) in [5.41, 5.74) is 0. The zero-order valence-corrected chi connectivity index (χ0v) is 11.0. The summed E-state index contributed by atoms with van der Waals surface area (Å²) in [6.45, 7) is 4.97. The van der Waals surface area contributed by atoms with E-state index in [1.54, 1.807) is 25.2 Å². The van der Waals surface area contributed by atoms with Gasteiger partial charge in [0.2, 0.25) is 0 Å². The van der Waals surface area contributed by atoms with Crippen LogP contribution in [0.25, 0.3) is 0 Å². The predicted molar refractivity (Wildman–Crippen MR) is 65.7 cm³/mol. The zero-order chi connectivity index (χ0) is 11.8. The quantitative estimate of drug-likeness (QED) is 0.544. The lowest BCUT2D eigenvalue weighted by Crippen LogP contribution is -2.24. The summed E-state index contributed by atoms with van der Waals surface area (Å²) < 4.78 is 6.92. The molecule has 92 valence electrons. The van der Waals surface area contributed by atoms with E-state index >= 15 is 0 Å². The Kier molecular flexibility index (Phi) is 6.44. The summed E-state index contributed by atoms with van der Waals surface area (Å²) in [7, 11) is 3.69. The number of aryl methyl sites for hydroxylation is 1. The molecule has 0 bridgehead atoms. The maximum absolute atomic E-state index is 4.98. The second kappa shape index (κ2) is 7.65. The number of rotatable bonds is 8. The second-order valence-corrected chi connectivity index (χ2v) is 5.11. The molecule has 1 N–H and O–H groups in total. The Hall–Kier alpha value is -0.590. The number of nitrogens with zero attached hydrogens (tertiary/aromatic N) is 3. The van der Waals surface area contributed by atoms with Crippen LogP contribution in [0.1, 0.15) is 13.3 Å². The number of hydrogen-bond donors (Lipinski definition) is 1. The number of methoxy groups -OCH3 is 1. The minimum atomic E-state index is 0.491. The van der Waals surface area contributed by atoms with Crippen LogP contribution in [0, 0.1) is 0 Å². The summed E-state index contributed by atoms with van der Waals surface area (Å²) >= 11 is 1.74. The normalized spacial score (nSPS) is 12.9. The van der Waals surface area contributed by atoms with E-state index in [9.17, 15) is 0 Å². The molecule has 1 aromatic heterocycles.